The molecule has 0 saturated heterocycles. The van der Waals surface area contributed by atoms with E-state index in [-0.39, 0.29) is 29.4 Å². The molecule has 1 N–H and O–H groups in total. The molecule has 0 saturated carbocycles. The van der Waals surface area contributed by atoms with Crippen LogP contribution >= 0.6 is 0 Å². The Bertz CT molecular complexity index is 1160. The van der Waals surface area contributed by atoms with E-state index in [0.29, 0.717) is 19.5 Å². The second kappa shape index (κ2) is 11.4. The first-order valence-electron chi connectivity index (χ1n) is 10.6. The van der Waals surface area contributed by atoms with E-state index in [9.17, 15) is 22.8 Å². The summed E-state index contributed by atoms with van der Waals surface area (Å²) in [6.45, 7) is -0.579. The van der Waals surface area contributed by atoms with Crippen molar-refractivity contribution in [3.05, 3.63) is 93.9 Å². The molecule has 0 atom stereocenters. The number of aromatic nitrogens is 1. The largest absolute Gasteiger partial charge is 0.493 e. The van der Waals surface area contributed by atoms with E-state index >= 15 is 0 Å². The first-order valence-corrected chi connectivity index (χ1v) is 10.6. The first-order chi connectivity index (χ1) is 16.2. The second-order valence-electron chi connectivity index (χ2n) is 7.65. The Morgan fingerprint density at radius 3 is 2.35 bits per heavy atom. The van der Waals surface area contributed by atoms with Crippen LogP contribution in [-0.2, 0) is 24.3 Å². The summed E-state index contributed by atoms with van der Waals surface area (Å²) in [7, 11) is 1.34. The van der Waals surface area contributed by atoms with E-state index in [4.69, 9.17) is 9.47 Å². The van der Waals surface area contributed by atoms with Gasteiger partial charge in [-0.1, -0.05) is 36.4 Å². The fourth-order valence-corrected chi connectivity index (χ4v) is 3.24. The third kappa shape index (κ3) is 7.68. The van der Waals surface area contributed by atoms with Crippen molar-refractivity contribution in [1.29, 1.82) is 0 Å². The van der Waals surface area contributed by atoms with Gasteiger partial charge in [0, 0.05) is 25.2 Å². The zero-order valence-corrected chi connectivity index (χ0v) is 18.6. The zero-order chi connectivity index (χ0) is 24.6. The number of alkyl halides is 3. The molecule has 0 aliphatic carbocycles. The van der Waals surface area contributed by atoms with E-state index in [1.165, 1.54) is 19.2 Å². The number of methoxy groups -OCH3 is 1. The molecule has 0 fully saturated rings. The third-order valence-electron chi connectivity index (χ3n) is 5.02. The first kappa shape index (κ1) is 24.9. The molecule has 6 nitrogen and oxygen atoms in total. The van der Waals surface area contributed by atoms with E-state index in [1.54, 1.807) is 35.0 Å². The van der Waals surface area contributed by atoms with Gasteiger partial charge in [-0.2, -0.15) is 13.2 Å². The van der Waals surface area contributed by atoms with Gasteiger partial charge in [0.2, 0.25) is 5.91 Å². The number of pyridine rings is 1. The quantitative estimate of drug-likeness (QED) is 0.481. The maximum atomic E-state index is 12.4. The van der Waals surface area contributed by atoms with Crippen LogP contribution in [0.4, 0.5) is 13.2 Å². The lowest BCUT2D eigenvalue weighted by atomic mass is 10.1. The van der Waals surface area contributed by atoms with Gasteiger partial charge in [0.05, 0.1) is 13.7 Å². The summed E-state index contributed by atoms with van der Waals surface area (Å²) in [6.07, 6.45) is -2.11. The topological polar surface area (TPSA) is 69.6 Å². The molecule has 1 heterocycles. The minimum absolute atomic E-state index is 0.00591. The summed E-state index contributed by atoms with van der Waals surface area (Å²) in [4.78, 5) is 24.1. The molecule has 3 aromatic rings. The lowest BCUT2D eigenvalue weighted by Crippen LogP contribution is -2.23. The molecule has 0 spiro atoms. The number of nitrogens with one attached hydrogen (secondary N) is 1. The fraction of sp³-hybridized carbons (Fsp3) is 0.280. The van der Waals surface area contributed by atoms with Crippen molar-refractivity contribution in [2.45, 2.75) is 32.1 Å². The van der Waals surface area contributed by atoms with Crippen LogP contribution in [0, 0.1) is 0 Å². The van der Waals surface area contributed by atoms with Crippen molar-refractivity contribution in [1.82, 2.24) is 9.88 Å². The molecular weight excluding hydrogens is 449 g/mol. The van der Waals surface area contributed by atoms with Crippen molar-refractivity contribution < 1.29 is 27.4 Å². The summed E-state index contributed by atoms with van der Waals surface area (Å²) in [5.41, 5.74) is 2.57. The zero-order valence-electron chi connectivity index (χ0n) is 18.6. The fourth-order valence-electron chi connectivity index (χ4n) is 3.24. The molecule has 9 heteroatoms. The van der Waals surface area contributed by atoms with Crippen LogP contribution in [0.3, 0.4) is 0 Å². The number of hydrogen-bond acceptors (Lipinski definition) is 4. The van der Waals surface area contributed by atoms with Gasteiger partial charge in [-0.3, -0.25) is 9.59 Å². The number of hydrogen-bond donors (Lipinski definition) is 1. The average Bonchev–Trinajstić information content (AvgIpc) is 2.82. The average molecular weight is 474 g/mol. The number of carbonyl (C=O) groups is 1. The lowest BCUT2D eigenvalue weighted by molar-refractivity contribution is -0.153. The second-order valence-corrected chi connectivity index (χ2v) is 7.65. The van der Waals surface area contributed by atoms with Crippen LogP contribution in [0.1, 0.15) is 23.1 Å². The van der Waals surface area contributed by atoms with Crippen LogP contribution in [0.5, 0.6) is 11.5 Å². The molecule has 3 rings (SSSR count). The van der Waals surface area contributed by atoms with Gasteiger partial charge in [-0.05, 0) is 41.3 Å². The predicted molar refractivity (Wildman–Crippen MR) is 121 cm³/mol. The van der Waals surface area contributed by atoms with Crippen molar-refractivity contribution in [2.24, 2.45) is 0 Å². The number of halogens is 3. The molecule has 0 aliphatic rings. The van der Waals surface area contributed by atoms with Crippen molar-refractivity contribution in [3.8, 4) is 11.5 Å². The van der Waals surface area contributed by atoms with Gasteiger partial charge in [0.15, 0.2) is 18.1 Å². The number of ether oxygens (including phenoxy) is 2. The highest BCUT2D eigenvalue weighted by Crippen LogP contribution is 2.30. The summed E-state index contributed by atoms with van der Waals surface area (Å²) in [6, 6.07) is 17.2. The number of benzene rings is 2. The molecule has 180 valence electrons. The third-order valence-corrected chi connectivity index (χ3v) is 5.02. The van der Waals surface area contributed by atoms with Gasteiger partial charge in [0.1, 0.15) is 0 Å². The SMILES string of the molecule is COc1cc(CCC(=O)NCc2ccc(Cn3ccccc3=O)cc2)ccc1OCC(F)(F)F. The highest BCUT2D eigenvalue weighted by molar-refractivity contribution is 5.76. The Morgan fingerprint density at radius 2 is 1.68 bits per heavy atom. The van der Waals surface area contributed by atoms with Crippen LogP contribution in [0.25, 0.3) is 0 Å². The molecule has 34 heavy (non-hydrogen) atoms. The maximum Gasteiger partial charge on any atom is 0.422 e. The smallest absolute Gasteiger partial charge is 0.422 e. The van der Waals surface area contributed by atoms with E-state index in [0.717, 1.165) is 16.7 Å². The van der Waals surface area contributed by atoms with Crippen LogP contribution in [0.15, 0.2) is 71.7 Å². The predicted octanol–water partition coefficient (Wildman–Crippen LogP) is 4.10. The molecule has 1 aromatic heterocycles. The summed E-state index contributed by atoms with van der Waals surface area (Å²) in [5.74, 6) is 0.0184. The highest BCUT2D eigenvalue weighted by Gasteiger charge is 2.29. The Hall–Kier alpha value is -3.75. The Morgan fingerprint density at radius 1 is 0.971 bits per heavy atom. The maximum absolute atomic E-state index is 12.4. The molecule has 0 aliphatic heterocycles. The highest BCUT2D eigenvalue weighted by atomic mass is 19.4. The van der Waals surface area contributed by atoms with Crippen LogP contribution in [-0.4, -0.2) is 30.4 Å². The van der Waals surface area contributed by atoms with Crippen molar-refractivity contribution in [2.75, 3.05) is 13.7 Å². The van der Waals surface area contributed by atoms with Crippen molar-refractivity contribution in [3.63, 3.8) is 0 Å². The van der Waals surface area contributed by atoms with Crippen molar-refractivity contribution >= 4 is 5.91 Å². The van der Waals surface area contributed by atoms with Crippen LogP contribution < -0.4 is 20.3 Å². The van der Waals surface area contributed by atoms with Gasteiger partial charge in [-0.15, -0.1) is 0 Å². The van der Waals surface area contributed by atoms with E-state index in [2.05, 4.69) is 5.32 Å². The van der Waals surface area contributed by atoms with Gasteiger partial charge in [-0.25, -0.2) is 0 Å². The van der Waals surface area contributed by atoms with Crippen LogP contribution in [0.2, 0.25) is 0 Å². The number of aryl methyl sites for hydroxylation is 1. The minimum Gasteiger partial charge on any atom is -0.493 e. The number of rotatable bonds is 10. The monoisotopic (exact) mass is 474 g/mol. The minimum atomic E-state index is -4.44. The Labute approximate surface area is 194 Å². The summed E-state index contributed by atoms with van der Waals surface area (Å²) < 4.78 is 48.6. The molecule has 0 bridgehead atoms. The van der Waals surface area contributed by atoms with Gasteiger partial charge < -0.3 is 19.4 Å². The summed E-state index contributed by atoms with van der Waals surface area (Å²) in [5, 5.41) is 2.85. The van der Waals surface area contributed by atoms with E-state index < -0.39 is 12.8 Å². The van der Waals surface area contributed by atoms with Gasteiger partial charge >= 0.3 is 6.18 Å². The number of amides is 1. The summed E-state index contributed by atoms with van der Waals surface area (Å²) >= 11 is 0. The van der Waals surface area contributed by atoms with Gasteiger partial charge in [0.25, 0.3) is 5.56 Å². The molecule has 2 aromatic carbocycles. The molecule has 1 amide bonds. The number of carbonyl (C=O) groups excluding carboxylic acids is 1. The molecule has 0 radical (unpaired) electrons. The normalized spacial score (nSPS) is 11.2. The lowest BCUT2D eigenvalue weighted by Gasteiger charge is -2.13. The standard InChI is InChI=1S/C25H25F3N2O4/c1-33-22-14-18(9-11-21(22)34-17-25(26,27)28)10-12-23(31)29-15-19-5-7-20(8-6-19)16-30-13-3-2-4-24(30)32/h2-9,11,13-14H,10,12,15-17H2,1H3,(H,29,31). The molecular formula is C25H25F3N2O4. The van der Waals surface area contributed by atoms with E-state index in [1.807, 2.05) is 24.3 Å². The molecule has 0 unspecified atom stereocenters. The Balaban J connectivity index is 1.47. The Kier molecular flexibility index (Phi) is 8.34. The number of nitrogens with zero attached hydrogens (tertiary/aromatic N) is 1.